The van der Waals surface area contributed by atoms with E-state index in [4.69, 9.17) is 4.98 Å². The number of likely N-dealkylation sites (N-methyl/N-ethyl adjacent to an activating group) is 1. The van der Waals surface area contributed by atoms with Gasteiger partial charge in [-0.05, 0) is 42.7 Å². The molecule has 2 aliphatic rings. The smallest absolute Gasteiger partial charge is 0.252 e. The second-order valence-electron chi connectivity index (χ2n) is 8.47. The average Bonchev–Trinajstić information content (AvgIpc) is 3.40. The van der Waals surface area contributed by atoms with Gasteiger partial charge in [-0.25, -0.2) is 4.98 Å². The summed E-state index contributed by atoms with van der Waals surface area (Å²) in [5.41, 5.74) is 4.21. The number of hydrogen-bond acceptors (Lipinski definition) is 4. The van der Waals surface area contributed by atoms with Crippen molar-refractivity contribution in [1.29, 1.82) is 0 Å². The average molecular weight is 432 g/mol. The van der Waals surface area contributed by atoms with Gasteiger partial charge in [0.2, 0.25) is 5.91 Å². The van der Waals surface area contributed by atoms with E-state index in [1.54, 1.807) is 16.2 Å². The van der Waals surface area contributed by atoms with Crippen molar-refractivity contribution in [2.24, 2.45) is 0 Å². The molecule has 1 aromatic heterocycles. The molecule has 2 heterocycles. The van der Waals surface area contributed by atoms with Gasteiger partial charge in [0.15, 0.2) is 0 Å². The minimum Gasteiger partial charge on any atom is -0.340 e. The van der Waals surface area contributed by atoms with E-state index < -0.39 is 5.54 Å². The topological polar surface area (TPSA) is 62.3 Å². The molecule has 0 spiro atoms. The third kappa shape index (κ3) is 3.65. The van der Waals surface area contributed by atoms with Gasteiger partial charge in [0.1, 0.15) is 5.01 Å². The molecule has 0 bridgehead atoms. The Balaban J connectivity index is 1.45. The summed E-state index contributed by atoms with van der Waals surface area (Å²) in [4.78, 5) is 31.7. The number of fused-ring (bicyclic) bond motifs is 1. The Hall–Kier alpha value is -2.99. The van der Waals surface area contributed by atoms with E-state index >= 15 is 0 Å². The number of carbonyl (C=O) groups is 2. The number of benzene rings is 2. The lowest BCUT2D eigenvalue weighted by Crippen LogP contribution is -2.47. The monoisotopic (exact) mass is 431 g/mol. The third-order valence-electron chi connectivity index (χ3n) is 6.46. The molecule has 0 unspecified atom stereocenters. The number of nitrogens with zero attached hydrogens (tertiary/aromatic N) is 2. The highest BCUT2D eigenvalue weighted by molar-refractivity contribution is 7.10. The number of anilines is 1. The Morgan fingerprint density at radius 1 is 1.10 bits per heavy atom. The molecule has 1 N–H and O–H groups in total. The highest BCUT2D eigenvalue weighted by Crippen LogP contribution is 2.41. The van der Waals surface area contributed by atoms with Crippen LogP contribution in [-0.4, -0.2) is 23.8 Å². The molecule has 1 saturated carbocycles. The summed E-state index contributed by atoms with van der Waals surface area (Å²) in [7, 11) is 1.82. The first kappa shape index (κ1) is 19.9. The van der Waals surface area contributed by atoms with Crippen LogP contribution in [0.15, 0.2) is 53.9 Å². The van der Waals surface area contributed by atoms with E-state index in [0.717, 1.165) is 53.2 Å². The minimum atomic E-state index is -0.416. The van der Waals surface area contributed by atoms with Crippen molar-refractivity contribution in [3.63, 3.8) is 0 Å². The largest absolute Gasteiger partial charge is 0.340 e. The van der Waals surface area contributed by atoms with Gasteiger partial charge < -0.3 is 10.2 Å². The molecule has 2 amide bonds. The summed E-state index contributed by atoms with van der Waals surface area (Å²) >= 11 is 1.62. The fourth-order valence-electron chi connectivity index (χ4n) is 4.68. The Morgan fingerprint density at radius 2 is 1.87 bits per heavy atom. The van der Waals surface area contributed by atoms with Crippen LogP contribution < -0.4 is 10.2 Å². The Bertz CT molecular complexity index is 1130. The molecule has 158 valence electrons. The molecule has 5 rings (SSSR count). The van der Waals surface area contributed by atoms with Crippen molar-refractivity contribution < 1.29 is 9.59 Å². The van der Waals surface area contributed by atoms with E-state index in [1.807, 2.05) is 49.5 Å². The third-order valence-corrected chi connectivity index (χ3v) is 7.51. The summed E-state index contributed by atoms with van der Waals surface area (Å²) in [6, 6.07) is 15.5. The molecule has 1 aliphatic heterocycles. The summed E-state index contributed by atoms with van der Waals surface area (Å²) < 4.78 is 0. The molecule has 0 radical (unpaired) electrons. The predicted molar refractivity (Wildman–Crippen MR) is 123 cm³/mol. The van der Waals surface area contributed by atoms with E-state index in [2.05, 4.69) is 16.8 Å². The SMILES string of the molecule is CN1C(=O)Cc2cc(-c3csc(C4(NC(=O)c5ccccc5)CCCCC4)n3)ccc21. The van der Waals surface area contributed by atoms with Crippen molar-refractivity contribution in [3.05, 3.63) is 70.0 Å². The fourth-order valence-corrected chi connectivity index (χ4v) is 5.73. The predicted octanol–water partition coefficient (Wildman–Crippen LogP) is 4.92. The first-order valence-corrected chi connectivity index (χ1v) is 11.7. The van der Waals surface area contributed by atoms with Crippen molar-refractivity contribution in [3.8, 4) is 11.3 Å². The zero-order valence-electron chi connectivity index (χ0n) is 17.6. The van der Waals surface area contributed by atoms with Gasteiger partial charge >= 0.3 is 0 Å². The number of rotatable bonds is 4. The molecule has 5 nitrogen and oxygen atoms in total. The lowest BCUT2D eigenvalue weighted by molar-refractivity contribution is -0.117. The van der Waals surface area contributed by atoms with Crippen LogP contribution in [0.4, 0.5) is 5.69 Å². The van der Waals surface area contributed by atoms with Crippen LogP contribution in [0.25, 0.3) is 11.3 Å². The van der Waals surface area contributed by atoms with Gasteiger partial charge in [0, 0.05) is 29.2 Å². The van der Waals surface area contributed by atoms with Gasteiger partial charge in [-0.15, -0.1) is 11.3 Å². The molecule has 6 heteroatoms. The van der Waals surface area contributed by atoms with Crippen LogP contribution in [-0.2, 0) is 16.8 Å². The van der Waals surface area contributed by atoms with Gasteiger partial charge in [-0.1, -0.05) is 43.5 Å². The zero-order chi connectivity index (χ0) is 21.4. The van der Waals surface area contributed by atoms with Crippen LogP contribution in [0.3, 0.4) is 0 Å². The normalized spacial score (nSPS) is 17.5. The number of amides is 2. The lowest BCUT2D eigenvalue weighted by atomic mass is 9.81. The van der Waals surface area contributed by atoms with Crippen LogP contribution in [0.5, 0.6) is 0 Å². The maximum absolute atomic E-state index is 13.0. The molecule has 0 saturated heterocycles. The van der Waals surface area contributed by atoms with Crippen molar-refractivity contribution in [2.75, 3.05) is 11.9 Å². The highest BCUT2D eigenvalue weighted by atomic mass is 32.1. The van der Waals surface area contributed by atoms with Crippen molar-refractivity contribution >= 4 is 28.8 Å². The van der Waals surface area contributed by atoms with Crippen LogP contribution in [0, 0.1) is 0 Å². The lowest BCUT2D eigenvalue weighted by Gasteiger charge is -2.36. The number of carbonyl (C=O) groups excluding carboxylic acids is 2. The van der Waals surface area contributed by atoms with E-state index in [1.165, 1.54) is 6.42 Å². The minimum absolute atomic E-state index is 0.0432. The maximum Gasteiger partial charge on any atom is 0.252 e. The van der Waals surface area contributed by atoms with E-state index in [9.17, 15) is 9.59 Å². The van der Waals surface area contributed by atoms with Gasteiger partial charge in [-0.3, -0.25) is 9.59 Å². The molecular formula is C25H25N3O2S. The second-order valence-corrected chi connectivity index (χ2v) is 9.33. The van der Waals surface area contributed by atoms with Crippen molar-refractivity contribution in [1.82, 2.24) is 10.3 Å². The van der Waals surface area contributed by atoms with Crippen LogP contribution >= 0.6 is 11.3 Å². The number of nitrogens with one attached hydrogen (secondary N) is 1. The Morgan fingerprint density at radius 3 is 2.65 bits per heavy atom. The second kappa shape index (κ2) is 7.93. The number of hydrogen-bond donors (Lipinski definition) is 1. The fraction of sp³-hybridized carbons (Fsp3) is 0.320. The molecular weight excluding hydrogens is 406 g/mol. The summed E-state index contributed by atoms with van der Waals surface area (Å²) in [5, 5.41) is 6.39. The van der Waals surface area contributed by atoms with Gasteiger partial charge in [0.05, 0.1) is 17.7 Å². The molecule has 2 aromatic carbocycles. The quantitative estimate of drug-likeness (QED) is 0.638. The summed E-state index contributed by atoms with van der Waals surface area (Å²) in [6.45, 7) is 0. The first-order valence-electron chi connectivity index (χ1n) is 10.8. The van der Waals surface area contributed by atoms with Crippen molar-refractivity contribution in [2.45, 2.75) is 44.1 Å². The molecule has 3 aromatic rings. The van der Waals surface area contributed by atoms with E-state index in [-0.39, 0.29) is 11.8 Å². The van der Waals surface area contributed by atoms with Crippen LogP contribution in [0.1, 0.15) is 53.0 Å². The zero-order valence-corrected chi connectivity index (χ0v) is 18.4. The Kier molecular flexibility index (Phi) is 5.10. The highest BCUT2D eigenvalue weighted by Gasteiger charge is 2.38. The maximum atomic E-state index is 13.0. The molecule has 1 aliphatic carbocycles. The molecule has 1 fully saturated rings. The molecule has 31 heavy (non-hydrogen) atoms. The van der Waals surface area contributed by atoms with Gasteiger partial charge in [-0.2, -0.15) is 0 Å². The molecule has 0 atom stereocenters. The number of thiazole rings is 1. The first-order chi connectivity index (χ1) is 15.1. The summed E-state index contributed by atoms with van der Waals surface area (Å²) in [6.07, 6.45) is 5.60. The standard InChI is InChI=1S/C25H25N3O2S/c1-28-21-11-10-18(14-19(21)15-22(28)29)20-16-31-24(26-20)25(12-6-3-7-13-25)27-23(30)17-8-4-2-5-9-17/h2,4-5,8-11,14,16H,3,6-7,12-13,15H2,1H3,(H,27,30). The van der Waals surface area contributed by atoms with Gasteiger partial charge in [0.25, 0.3) is 5.91 Å². The number of aromatic nitrogens is 1. The van der Waals surface area contributed by atoms with Crippen LogP contribution in [0.2, 0.25) is 0 Å². The Labute approximate surface area is 186 Å². The van der Waals surface area contributed by atoms with E-state index in [0.29, 0.717) is 12.0 Å². The summed E-state index contributed by atoms with van der Waals surface area (Å²) in [5.74, 6) is 0.0780.